The smallest absolute Gasteiger partial charge is 0.262 e. The van der Waals surface area contributed by atoms with Crippen molar-refractivity contribution in [1.82, 2.24) is 5.43 Å². The average molecular weight is 188 g/mol. The second-order valence-electron chi connectivity index (χ2n) is 3.08. The van der Waals surface area contributed by atoms with Crippen molar-refractivity contribution < 1.29 is 14.3 Å². The van der Waals surface area contributed by atoms with Crippen LogP contribution in [0.15, 0.2) is 0 Å². The van der Waals surface area contributed by atoms with Crippen molar-refractivity contribution in [2.75, 3.05) is 6.61 Å². The number of ether oxygens (including phenoxy) is 2. The molecule has 1 heterocycles. The first-order valence-electron chi connectivity index (χ1n) is 4.51. The van der Waals surface area contributed by atoms with Crippen molar-refractivity contribution in [2.45, 2.75) is 38.6 Å². The zero-order chi connectivity index (χ0) is 9.68. The molecule has 13 heavy (non-hydrogen) atoms. The van der Waals surface area contributed by atoms with Crippen LogP contribution in [0.3, 0.4) is 0 Å². The fourth-order valence-corrected chi connectivity index (χ4v) is 1.23. The van der Waals surface area contributed by atoms with Crippen LogP contribution < -0.4 is 11.3 Å². The minimum Gasteiger partial charge on any atom is -0.353 e. The van der Waals surface area contributed by atoms with E-state index in [1.807, 2.05) is 5.43 Å². The predicted molar refractivity (Wildman–Crippen MR) is 46.5 cm³/mol. The Labute approximate surface area is 77.5 Å². The minimum absolute atomic E-state index is 0.249. The molecule has 1 amide bonds. The number of hydrazine groups is 1. The summed E-state index contributed by atoms with van der Waals surface area (Å²) in [6.45, 7) is 2.36. The van der Waals surface area contributed by atoms with Crippen molar-refractivity contribution in [3.63, 3.8) is 0 Å². The van der Waals surface area contributed by atoms with Gasteiger partial charge in [0.1, 0.15) is 6.10 Å². The van der Waals surface area contributed by atoms with Crippen LogP contribution in [0.1, 0.15) is 26.2 Å². The summed E-state index contributed by atoms with van der Waals surface area (Å²) in [7, 11) is 0. The summed E-state index contributed by atoms with van der Waals surface area (Å²) in [5.74, 6) is 4.63. The Hall–Kier alpha value is -0.650. The van der Waals surface area contributed by atoms with Gasteiger partial charge < -0.3 is 9.47 Å². The first kappa shape index (κ1) is 10.4. The molecule has 0 spiro atoms. The Morgan fingerprint density at radius 3 is 3.00 bits per heavy atom. The molecule has 5 heteroatoms. The number of nitrogens with one attached hydrogen (secondary N) is 1. The molecule has 1 unspecified atom stereocenters. The monoisotopic (exact) mass is 188 g/mol. The summed E-state index contributed by atoms with van der Waals surface area (Å²) >= 11 is 0. The number of nitrogens with two attached hydrogens (primary N) is 1. The normalized spacial score (nSPS) is 25.2. The van der Waals surface area contributed by atoms with Gasteiger partial charge in [-0.2, -0.15) is 0 Å². The lowest BCUT2D eigenvalue weighted by Crippen LogP contribution is -2.41. The van der Waals surface area contributed by atoms with Gasteiger partial charge in [0.2, 0.25) is 0 Å². The molecule has 76 valence electrons. The summed E-state index contributed by atoms with van der Waals surface area (Å²) in [4.78, 5) is 11.0. The largest absolute Gasteiger partial charge is 0.353 e. The maximum absolute atomic E-state index is 11.0. The molecule has 1 saturated heterocycles. The van der Waals surface area contributed by atoms with Gasteiger partial charge in [-0.05, 0) is 26.2 Å². The van der Waals surface area contributed by atoms with E-state index in [1.165, 1.54) is 0 Å². The summed E-state index contributed by atoms with van der Waals surface area (Å²) < 4.78 is 10.6. The molecule has 0 aromatic rings. The lowest BCUT2D eigenvalue weighted by atomic mass is 10.2. The maximum Gasteiger partial charge on any atom is 0.262 e. The fraction of sp³-hybridized carbons (Fsp3) is 0.875. The van der Waals surface area contributed by atoms with Crippen molar-refractivity contribution in [3.8, 4) is 0 Å². The van der Waals surface area contributed by atoms with Gasteiger partial charge in [0, 0.05) is 6.61 Å². The van der Waals surface area contributed by atoms with E-state index in [9.17, 15) is 4.79 Å². The van der Waals surface area contributed by atoms with Gasteiger partial charge in [-0.3, -0.25) is 10.2 Å². The molecule has 3 N–H and O–H groups in total. The van der Waals surface area contributed by atoms with Gasteiger partial charge >= 0.3 is 0 Å². The van der Waals surface area contributed by atoms with E-state index < -0.39 is 6.10 Å². The lowest BCUT2D eigenvalue weighted by Gasteiger charge is -2.25. The van der Waals surface area contributed by atoms with Gasteiger partial charge in [-0.1, -0.05) is 0 Å². The Morgan fingerprint density at radius 2 is 2.46 bits per heavy atom. The molecule has 5 nitrogen and oxygen atoms in total. The summed E-state index contributed by atoms with van der Waals surface area (Å²) in [5, 5.41) is 0. The quantitative estimate of drug-likeness (QED) is 0.369. The third kappa shape index (κ3) is 3.30. The van der Waals surface area contributed by atoms with Gasteiger partial charge in [0.15, 0.2) is 6.29 Å². The van der Waals surface area contributed by atoms with Gasteiger partial charge in [-0.25, -0.2) is 5.84 Å². The highest BCUT2D eigenvalue weighted by molar-refractivity contribution is 5.79. The molecular formula is C8H16N2O3. The minimum atomic E-state index is -0.548. The van der Waals surface area contributed by atoms with E-state index in [2.05, 4.69) is 0 Å². The number of hydrogen-bond acceptors (Lipinski definition) is 4. The molecule has 1 aliphatic heterocycles. The Balaban J connectivity index is 2.25. The highest BCUT2D eigenvalue weighted by Crippen LogP contribution is 2.15. The highest BCUT2D eigenvalue weighted by atomic mass is 16.7. The summed E-state index contributed by atoms with van der Waals surface area (Å²) in [6, 6.07) is 0. The van der Waals surface area contributed by atoms with E-state index in [0.29, 0.717) is 6.61 Å². The van der Waals surface area contributed by atoms with E-state index in [4.69, 9.17) is 15.3 Å². The molecule has 0 saturated carbocycles. The number of amides is 1. The van der Waals surface area contributed by atoms with Crippen LogP contribution in [0.25, 0.3) is 0 Å². The standard InChI is InChI=1S/C8H16N2O3/c1-6(8(11)10-9)13-7-4-2-3-5-12-7/h6-7H,2-5,9H2,1H3,(H,10,11)/t6-,7?/m0/s1. The highest BCUT2D eigenvalue weighted by Gasteiger charge is 2.20. The van der Waals surface area contributed by atoms with Crippen LogP contribution in [0.5, 0.6) is 0 Å². The van der Waals surface area contributed by atoms with Crippen LogP contribution in [0.2, 0.25) is 0 Å². The van der Waals surface area contributed by atoms with Gasteiger partial charge in [0.05, 0.1) is 0 Å². The Bertz CT molecular complexity index is 169. The zero-order valence-corrected chi connectivity index (χ0v) is 7.79. The Morgan fingerprint density at radius 1 is 1.69 bits per heavy atom. The second-order valence-corrected chi connectivity index (χ2v) is 3.08. The number of rotatable bonds is 3. The zero-order valence-electron chi connectivity index (χ0n) is 7.79. The van der Waals surface area contributed by atoms with Crippen LogP contribution in [0, 0.1) is 0 Å². The number of carbonyl (C=O) groups excluding carboxylic acids is 1. The predicted octanol–water partition coefficient (Wildman–Crippen LogP) is -0.0920. The topological polar surface area (TPSA) is 73.6 Å². The summed E-state index contributed by atoms with van der Waals surface area (Å²) in [5.41, 5.74) is 2.03. The third-order valence-electron chi connectivity index (χ3n) is 2.01. The van der Waals surface area contributed by atoms with E-state index >= 15 is 0 Å². The van der Waals surface area contributed by atoms with Gasteiger partial charge in [-0.15, -0.1) is 0 Å². The molecule has 0 aliphatic carbocycles. The molecule has 0 radical (unpaired) electrons. The lowest BCUT2D eigenvalue weighted by molar-refractivity contribution is -0.189. The molecule has 0 bridgehead atoms. The molecular weight excluding hydrogens is 172 g/mol. The fourth-order valence-electron chi connectivity index (χ4n) is 1.23. The molecule has 0 aromatic heterocycles. The van der Waals surface area contributed by atoms with Crippen LogP contribution >= 0.6 is 0 Å². The van der Waals surface area contributed by atoms with Crippen LogP contribution in [-0.4, -0.2) is 24.9 Å². The van der Waals surface area contributed by atoms with Crippen molar-refractivity contribution in [1.29, 1.82) is 0 Å². The first-order chi connectivity index (χ1) is 6.24. The molecule has 1 aliphatic rings. The first-order valence-corrected chi connectivity index (χ1v) is 4.51. The van der Waals surface area contributed by atoms with Crippen molar-refractivity contribution in [2.24, 2.45) is 5.84 Å². The third-order valence-corrected chi connectivity index (χ3v) is 2.01. The molecule has 2 atom stereocenters. The maximum atomic E-state index is 11.0. The van der Waals surface area contributed by atoms with Crippen LogP contribution in [0.4, 0.5) is 0 Å². The average Bonchev–Trinajstić information content (AvgIpc) is 2.18. The van der Waals surface area contributed by atoms with E-state index in [-0.39, 0.29) is 12.2 Å². The van der Waals surface area contributed by atoms with Crippen LogP contribution in [-0.2, 0) is 14.3 Å². The van der Waals surface area contributed by atoms with Crippen molar-refractivity contribution in [3.05, 3.63) is 0 Å². The van der Waals surface area contributed by atoms with E-state index in [1.54, 1.807) is 6.92 Å². The molecule has 1 fully saturated rings. The van der Waals surface area contributed by atoms with Crippen molar-refractivity contribution >= 4 is 5.91 Å². The van der Waals surface area contributed by atoms with Gasteiger partial charge in [0.25, 0.3) is 5.91 Å². The Kier molecular flexibility index (Phi) is 4.14. The second kappa shape index (κ2) is 5.16. The SMILES string of the molecule is C[C@H](OC1CCCCO1)C(=O)NN. The van der Waals surface area contributed by atoms with E-state index in [0.717, 1.165) is 19.3 Å². The number of carbonyl (C=O) groups is 1. The molecule has 0 aromatic carbocycles. The number of hydrogen-bond donors (Lipinski definition) is 2. The molecule has 1 rings (SSSR count). The summed E-state index contributed by atoms with van der Waals surface area (Å²) in [6.07, 6.45) is 2.20.